The molecule has 0 radical (unpaired) electrons. The molecule has 0 amide bonds. The summed E-state index contributed by atoms with van der Waals surface area (Å²) in [6.45, 7) is 2.22. The number of phenols is 1. The highest BCUT2D eigenvalue weighted by molar-refractivity contribution is 6.13. The van der Waals surface area contributed by atoms with E-state index in [4.69, 9.17) is 0 Å². The predicted octanol–water partition coefficient (Wildman–Crippen LogP) is 8.69. The van der Waals surface area contributed by atoms with E-state index in [2.05, 4.69) is 25.1 Å². The zero-order valence-electron chi connectivity index (χ0n) is 18.9. The zero-order valence-corrected chi connectivity index (χ0v) is 18.9. The van der Waals surface area contributed by atoms with E-state index >= 15 is 0 Å². The maximum Gasteiger partial charge on any atom is 0.166 e. The fraction of sp³-hybridized carbons (Fsp3) is 0.300. The number of aromatic hydroxyl groups is 1. The Kier molecular flexibility index (Phi) is 7.21. The lowest BCUT2D eigenvalue weighted by atomic mass is 9.89. The number of Topliss-reactive ketones (excluding diaryl/α,β-unsaturated/α-hetero) is 1. The van der Waals surface area contributed by atoms with Crippen LogP contribution in [0.3, 0.4) is 0 Å². The first-order chi connectivity index (χ1) is 15.7. The summed E-state index contributed by atoms with van der Waals surface area (Å²) in [5.41, 5.74) is 2.16. The van der Waals surface area contributed by atoms with Gasteiger partial charge in [0.15, 0.2) is 5.78 Å². The number of benzene rings is 4. The largest absolute Gasteiger partial charge is 0.507 e. The normalized spacial score (nSPS) is 11.3. The van der Waals surface area contributed by atoms with Crippen molar-refractivity contribution in [2.45, 2.75) is 58.3 Å². The summed E-state index contributed by atoms with van der Waals surface area (Å²) in [5.74, 6) is 0.135. The van der Waals surface area contributed by atoms with Crippen molar-refractivity contribution in [3.63, 3.8) is 0 Å². The minimum Gasteiger partial charge on any atom is -0.507 e. The van der Waals surface area contributed by atoms with Gasteiger partial charge in [-0.05, 0) is 39.6 Å². The van der Waals surface area contributed by atoms with Gasteiger partial charge in [0.1, 0.15) is 5.75 Å². The Morgan fingerprint density at radius 3 is 2.12 bits per heavy atom. The standard InChI is InChI=1S/C30H32O2/c1-2-3-4-5-6-7-8-20-28(31)27-21-23-15-10-12-18-25(23)29(30(27)32)26-19-13-16-22-14-9-11-17-24(22)26/h9-19,21,32H,2-8,20H2,1H3. The first-order valence-corrected chi connectivity index (χ1v) is 12.0. The molecule has 0 atom stereocenters. The number of unbranched alkanes of at least 4 members (excludes halogenated alkanes) is 6. The van der Waals surface area contributed by atoms with E-state index in [0.717, 1.165) is 45.5 Å². The van der Waals surface area contributed by atoms with Crippen molar-refractivity contribution in [3.05, 3.63) is 78.4 Å². The fourth-order valence-electron chi connectivity index (χ4n) is 4.64. The molecule has 0 aromatic heterocycles. The van der Waals surface area contributed by atoms with E-state index in [9.17, 15) is 9.90 Å². The molecule has 0 aliphatic carbocycles. The third kappa shape index (κ3) is 4.70. The van der Waals surface area contributed by atoms with Crippen molar-refractivity contribution >= 4 is 27.3 Å². The molecule has 4 aromatic carbocycles. The van der Waals surface area contributed by atoms with Crippen LogP contribution in [0.4, 0.5) is 0 Å². The molecule has 0 heterocycles. The molecule has 1 N–H and O–H groups in total. The van der Waals surface area contributed by atoms with E-state index in [1.165, 1.54) is 32.1 Å². The molecule has 164 valence electrons. The van der Waals surface area contributed by atoms with Gasteiger partial charge in [0.05, 0.1) is 5.56 Å². The second-order valence-electron chi connectivity index (χ2n) is 8.69. The minimum atomic E-state index is 0.0308. The summed E-state index contributed by atoms with van der Waals surface area (Å²) in [4.78, 5) is 13.1. The second kappa shape index (κ2) is 10.5. The molecule has 2 heteroatoms. The number of phenolic OH excluding ortho intramolecular Hbond substituents is 1. The van der Waals surface area contributed by atoms with Crippen LogP contribution in [0.25, 0.3) is 32.7 Å². The molecular weight excluding hydrogens is 392 g/mol. The lowest BCUT2D eigenvalue weighted by molar-refractivity contribution is 0.0976. The summed E-state index contributed by atoms with van der Waals surface area (Å²) in [7, 11) is 0. The minimum absolute atomic E-state index is 0.0308. The molecule has 4 rings (SSSR count). The van der Waals surface area contributed by atoms with E-state index in [1.54, 1.807) is 0 Å². The van der Waals surface area contributed by atoms with Gasteiger partial charge in [-0.15, -0.1) is 0 Å². The van der Waals surface area contributed by atoms with Crippen LogP contribution >= 0.6 is 0 Å². The van der Waals surface area contributed by atoms with Gasteiger partial charge in [-0.1, -0.05) is 112 Å². The SMILES string of the molecule is CCCCCCCCCC(=O)c1cc2ccccc2c(-c2cccc3ccccc23)c1O. The molecule has 32 heavy (non-hydrogen) atoms. The average molecular weight is 425 g/mol. The summed E-state index contributed by atoms with van der Waals surface area (Å²) in [6, 6.07) is 24.2. The van der Waals surface area contributed by atoms with Gasteiger partial charge in [0, 0.05) is 12.0 Å². The fourth-order valence-corrected chi connectivity index (χ4v) is 4.64. The smallest absolute Gasteiger partial charge is 0.166 e. The number of rotatable bonds is 10. The van der Waals surface area contributed by atoms with E-state index in [-0.39, 0.29) is 11.5 Å². The number of carbonyl (C=O) groups is 1. The average Bonchev–Trinajstić information content (AvgIpc) is 2.83. The molecule has 0 saturated carbocycles. The Bertz CT molecular complexity index is 1220. The van der Waals surface area contributed by atoms with Gasteiger partial charge in [-0.25, -0.2) is 0 Å². The number of hydrogen-bond acceptors (Lipinski definition) is 2. The van der Waals surface area contributed by atoms with Gasteiger partial charge >= 0.3 is 0 Å². The third-order valence-electron chi connectivity index (χ3n) is 6.39. The Hall–Kier alpha value is -3.13. The molecule has 0 unspecified atom stereocenters. The van der Waals surface area contributed by atoms with Crippen molar-refractivity contribution in [2.75, 3.05) is 0 Å². The molecule has 0 fully saturated rings. The van der Waals surface area contributed by atoms with Crippen molar-refractivity contribution in [3.8, 4) is 16.9 Å². The summed E-state index contributed by atoms with van der Waals surface area (Å²) >= 11 is 0. The van der Waals surface area contributed by atoms with Gasteiger partial charge in [-0.2, -0.15) is 0 Å². The van der Waals surface area contributed by atoms with Crippen LogP contribution < -0.4 is 0 Å². The first kappa shape index (κ1) is 22.1. The maximum atomic E-state index is 13.1. The molecule has 0 bridgehead atoms. The third-order valence-corrected chi connectivity index (χ3v) is 6.39. The molecular formula is C30H32O2. The van der Waals surface area contributed by atoms with Crippen LogP contribution in [0.15, 0.2) is 72.8 Å². The van der Waals surface area contributed by atoms with Gasteiger partial charge in [-0.3, -0.25) is 4.79 Å². The summed E-state index contributed by atoms with van der Waals surface area (Å²) in [6.07, 6.45) is 8.67. The molecule has 4 aromatic rings. The molecule has 2 nitrogen and oxygen atoms in total. The van der Waals surface area contributed by atoms with Crippen molar-refractivity contribution in [1.82, 2.24) is 0 Å². The highest BCUT2D eigenvalue weighted by atomic mass is 16.3. The second-order valence-corrected chi connectivity index (χ2v) is 8.69. The summed E-state index contributed by atoms with van der Waals surface area (Å²) < 4.78 is 0. The molecule has 0 aliphatic rings. The van der Waals surface area contributed by atoms with Crippen LogP contribution in [0.1, 0.15) is 68.6 Å². The predicted molar refractivity (Wildman–Crippen MR) is 135 cm³/mol. The number of hydrogen-bond donors (Lipinski definition) is 1. The van der Waals surface area contributed by atoms with Crippen LogP contribution in [0.5, 0.6) is 5.75 Å². The Morgan fingerprint density at radius 2 is 1.34 bits per heavy atom. The molecule has 0 aliphatic heterocycles. The number of carbonyl (C=O) groups excluding carboxylic acids is 1. The first-order valence-electron chi connectivity index (χ1n) is 12.0. The highest BCUT2D eigenvalue weighted by Gasteiger charge is 2.20. The van der Waals surface area contributed by atoms with Crippen molar-refractivity contribution in [2.24, 2.45) is 0 Å². The Balaban J connectivity index is 1.67. The van der Waals surface area contributed by atoms with E-state index in [0.29, 0.717) is 12.0 Å². The van der Waals surface area contributed by atoms with Crippen LogP contribution in [0.2, 0.25) is 0 Å². The molecule has 0 saturated heterocycles. The number of ketones is 1. The van der Waals surface area contributed by atoms with Crippen LogP contribution in [-0.2, 0) is 0 Å². The lowest BCUT2D eigenvalue weighted by Crippen LogP contribution is -2.01. The quantitative estimate of drug-likeness (QED) is 0.204. The zero-order chi connectivity index (χ0) is 22.3. The van der Waals surface area contributed by atoms with Crippen LogP contribution in [-0.4, -0.2) is 10.9 Å². The monoisotopic (exact) mass is 424 g/mol. The van der Waals surface area contributed by atoms with Crippen LogP contribution in [0, 0.1) is 0 Å². The Labute approximate surface area is 190 Å². The van der Waals surface area contributed by atoms with Crippen molar-refractivity contribution < 1.29 is 9.90 Å². The topological polar surface area (TPSA) is 37.3 Å². The highest BCUT2D eigenvalue weighted by Crippen LogP contribution is 2.42. The maximum absolute atomic E-state index is 13.1. The van der Waals surface area contributed by atoms with Gasteiger partial charge in [0.2, 0.25) is 0 Å². The van der Waals surface area contributed by atoms with Crippen molar-refractivity contribution in [1.29, 1.82) is 0 Å². The van der Waals surface area contributed by atoms with E-state index < -0.39 is 0 Å². The van der Waals surface area contributed by atoms with Gasteiger partial charge < -0.3 is 5.11 Å². The lowest BCUT2D eigenvalue weighted by Gasteiger charge is -2.15. The Morgan fingerprint density at radius 1 is 0.719 bits per heavy atom. The number of fused-ring (bicyclic) bond motifs is 2. The molecule has 0 spiro atoms. The van der Waals surface area contributed by atoms with Gasteiger partial charge in [0.25, 0.3) is 0 Å². The summed E-state index contributed by atoms with van der Waals surface area (Å²) in [5, 5.41) is 15.5. The van der Waals surface area contributed by atoms with E-state index in [1.807, 2.05) is 54.6 Å².